The number of benzene rings is 6. The molecule has 452 valence electrons. The van der Waals surface area contributed by atoms with E-state index in [4.69, 9.17) is 49.4 Å². The molecule has 14 nitrogen and oxygen atoms in total. The molecular weight excluding hydrogens is 1070 g/mol. The van der Waals surface area contributed by atoms with Crippen molar-refractivity contribution in [3.63, 3.8) is 0 Å². The Morgan fingerprint density at radius 2 is 0.635 bits per heavy atom. The van der Waals surface area contributed by atoms with Gasteiger partial charge in [0.05, 0.1) is 39.6 Å². The van der Waals surface area contributed by atoms with Crippen LogP contribution < -0.4 is 39.9 Å². The first-order valence-corrected chi connectivity index (χ1v) is 30.2. The molecule has 0 aromatic heterocycles. The monoisotopic (exact) mass is 1160 g/mol. The highest BCUT2D eigenvalue weighted by atomic mass is 16.6. The zero-order valence-corrected chi connectivity index (χ0v) is 49.7. The molecule has 0 radical (unpaired) electrons. The molecule has 0 heterocycles. The lowest BCUT2D eigenvalue weighted by Crippen LogP contribution is -2.46. The van der Waals surface area contributed by atoms with Crippen molar-refractivity contribution in [1.82, 2.24) is 0 Å². The minimum absolute atomic E-state index is 0.0765. The quantitative estimate of drug-likeness (QED) is 0.00921. The minimum Gasteiger partial charge on any atom is -0.494 e. The molecule has 0 aliphatic carbocycles. The Balaban J connectivity index is 0.865. The molecule has 0 amide bonds. The highest BCUT2D eigenvalue weighted by Crippen LogP contribution is 2.33. The normalized spacial score (nSPS) is 11.3. The van der Waals surface area contributed by atoms with E-state index in [1.54, 1.807) is 84.9 Å². The smallest absolute Gasteiger partial charge is 0.336 e. The van der Waals surface area contributed by atoms with E-state index in [-0.39, 0.29) is 26.1 Å². The van der Waals surface area contributed by atoms with Crippen LogP contribution in [-0.2, 0) is 41.5 Å². The fourth-order valence-electron chi connectivity index (χ4n) is 9.07. The van der Waals surface area contributed by atoms with Gasteiger partial charge >= 0.3 is 23.9 Å². The number of esters is 4. The van der Waals surface area contributed by atoms with E-state index in [2.05, 4.69) is 13.8 Å². The van der Waals surface area contributed by atoms with Crippen LogP contribution in [0.1, 0.15) is 139 Å². The maximum atomic E-state index is 14.4. The Hall–Kier alpha value is -8.52. The van der Waals surface area contributed by atoms with E-state index < -0.39 is 29.3 Å². The molecule has 6 aromatic carbocycles. The van der Waals surface area contributed by atoms with Crippen molar-refractivity contribution in [3.8, 4) is 34.5 Å². The van der Waals surface area contributed by atoms with Crippen LogP contribution in [0.5, 0.6) is 34.5 Å². The summed E-state index contributed by atoms with van der Waals surface area (Å²) in [5, 5.41) is 0. The summed E-state index contributed by atoms with van der Waals surface area (Å²) in [6.07, 6.45) is 21.1. The lowest BCUT2D eigenvalue weighted by molar-refractivity contribution is -0.173. The van der Waals surface area contributed by atoms with Gasteiger partial charge in [0.15, 0.2) is 5.41 Å². The van der Waals surface area contributed by atoms with Crippen LogP contribution in [0.4, 0.5) is 11.4 Å². The molecule has 4 N–H and O–H groups in total. The predicted octanol–water partition coefficient (Wildman–Crippen LogP) is 15.1. The Morgan fingerprint density at radius 1 is 0.353 bits per heavy atom. The van der Waals surface area contributed by atoms with Crippen molar-refractivity contribution in [3.05, 3.63) is 180 Å². The Bertz CT molecular complexity index is 2740. The Labute approximate surface area is 502 Å². The molecule has 14 heteroatoms. The van der Waals surface area contributed by atoms with E-state index in [1.807, 2.05) is 72.8 Å². The topological polar surface area (TPSA) is 194 Å². The molecule has 0 unspecified atom stereocenters. The van der Waals surface area contributed by atoms with E-state index in [9.17, 15) is 19.2 Å². The molecule has 0 bridgehead atoms. The second-order valence-electron chi connectivity index (χ2n) is 21.1. The van der Waals surface area contributed by atoms with Crippen LogP contribution in [0, 0.1) is 5.41 Å². The molecule has 0 fully saturated rings. The third kappa shape index (κ3) is 25.1. The number of nitrogens with two attached hydrogens (primary N) is 2. The van der Waals surface area contributed by atoms with Gasteiger partial charge < -0.3 is 49.4 Å². The first kappa shape index (κ1) is 65.6. The number of rotatable bonds is 40. The summed E-state index contributed by atoms with van der Waals surface area (Å²) in [5.74, 6) is 1.73. The number of carbonyl (C=O) groups is 4. The molecule has 85 heavy (non-hydrogen) atoms. The van der Waals surface area contributed by atoms with Crippen LogP contribution in [-0.4, -0.2) is 63.5 Å². The number of hydrogen-bond donors (Lipinski definition) is 2. The van der Waals surface area contributed by atoms with Crippen LogP contribution in [0.3, 0.4) is 0 Å². The second-order valence-corrected chi connectivity index (χ2v) is 21.1. The summed E-state index contributed by atoms with van der Waals surface area (Å²) in [4.78, 5) is 53.6. The highest BCUT2D eigenvalue weighted by molar-refractivity contribution is 6.01. The zero-order valence-electron chi connectivity index (χ0n) is 49.7. The van der Waals surface area contributed by atoms with E-state index in [0.29, 0.717) is 62.1 Å². The molecular formula is C71H86N2O12. The Kier molecular flexibility index (Phi) is 29.1. The van der Waals surface area contributed by atoms with Gasteiger partial charge in [0.1, 0.15) is 34.5 Å². The van der Waals surface area contributed by atoms with Gasteiger partial charge in [-0.15, -0.1) is 0 Å². The standard InChI is InChI=1S/C71H86N2O12/c1-3-5-47-78-63-37-41-65(42-38-63)84-67(74)45-27-55-23-33-61(34-24-55)80-49-15-11-7-9-13-17-51-82-69(76)71(53-57-19-29-59(72)30-20-57,54-58-21-31-60(73)32-22-58)70(77)83-52-18-14-10-8-12-16-50-81-62-35-25-56(26-36-62)28-46-68(75)85-66-43-39-64(40-44-66)79-48-6-4-2/h19-46H,3-18,47-54,72-73H2,1-2H3. The fourth-order valence-corrected chi connectivity index (χ4v) is 9.07. The minimum atomic E-state index is -1.64. The van der Waals surface area contributed by atoms with Crippen molar-refractivity contribution in [1.29, 1.82) is 0 Å². The number of hydrogen-bond acceptors (Lipinski definition) is 14. The van der Waals surface area contributed by atoms with Crippen LogP contribution in [0.25, 0.3) is 12.2 Å². The largest absolute Gasteiger partial charge is 0.494 e. The van der Waals surface area contributed by atoms with Crippen molar-refractivity contribution in [2.45, 2.75) is 129 Å². The zero-order chi connectivity index (χ0) is 60.2. The van der Waals surface area contributed by atoms with E-state index in [0.717, 1.165) is 135 Å². The van der Waals surface area contributed by atoms with Gasteiger partial charge in [-0.05, 0) is 183 Å². The second kappa shape index (κ2) is 37.6. The van der Waals surface area contributed by atoms with Crippen LogP contribution >= 0.6 is 0 Å². The summed E-state index contributed by atoms with van der Waals surface area (Å²) in [6, 6.07) is 43.5. The average Bonchev–Trinajstić information content (AvgIpc) is 3.71. The summed E-state index contributed by atoms with van der Waals surface area (Å²) in [7, 11) is 0. The molecule has 0 atom stereocenters. The van der Waals surface area contributed by atoms with E-state index >= 15 is 0 Å². The van der Waals surface area contributed by atoms with Crippen LogP contribution in [0.15, 0.2) is 158 Å². The first-order chi connectivity index (χ1) is 41.5. The van der Waals surface area contributed by atoms with Crippen LogP contribution in [0.2, 0.25) is 0 Å². The molecule has 0 saturated heterocycles. The maximum Gasteiger partial charge on any atom is 0.336 e. The van der Waals surface area contributed by atoms with Gasteiger partial charge in [0, 0.05) is 23.5 Å². The van der Waals surface area contributed by atoms with Gasteiger partial charge in [-0.2, -0.15) is 0 Å². The SMILES string of the molecule is CCCCOc1ccc(OC(=O)C=Cc2ccc(OCCCCCCCCOC(=O)C(Cc3ccc(N)cc3)(Cc3ccc(N)cc3)C(=O)OCCCCCCCCOc3ccc(C=CC(=O)Oc4ccc(OCCCC)cc4)cc3)cc2)cc1. The highest BCUT2D eigenvalue weighted by Gasteiger charge is 2.49. The summed E-state index contributed by atoms with van der Waals surface area (Å²) in [6.45, 7) is 7.04. The molecule has 0 aliphatic heterocycles. The number of unbranched alkanes of at least 4 members (excludes halogenated alkanes) is 12. The molecule has 0 aliphatic rings. The molecule has 6 aromatic rings. The third-order valence-electron chi connectivity index (χ3n) is 14.0. The number of ether oxygens (including phenoxy) is 8. The predicted molar refractivity (Wildman–Crippen MR) is 336 cm³/mol. The third-order valence-corrected chi connectivity index (χ3v) is 14.0. The van der Waals surface area contributed by atoms with E-state index in [1.165, 1.54) is 12.2 Å². The molecule has 6 rings (SSSR count). The van der Waals surface area contributed by atoms with Crippen molar-refractivity contribution in [2.75, 3.05) is 51.1 Å². The van der Waals surface area contributed by atoms with Gasteiger partial charge in [-0.25, -0.2) is 9.59 Å². The summed E-state index contributed by atoms with van der Waals surface area (Å²) >= 11 is 0. The van der Waals surface area contributed by atoms with Gasteiger partial charge in [-0.1, -0.05) is 127 Å². The number of nitrogen functional groups attached to an aromatic ring is 2. The number of carbonyl (C=O) groups excluding carboxylic acids is 4. The average molecular weight is 1160 g/mol. The van der Waals surface area contributed by atoms with Crippen molar-refractivity contribution in [2.24, 2.45) is 5.41 Å². The summed E-state index contributed by atoms with van der Waals surface area (Å²) in [5.41, 5.74) is 14.8. The molecule has 0 spiro atoms. The van der Waals surface area contributed by atoms with Crippen molar-refractivity contribution >= 4 is 47.4 Å². The van der Waals surface area contributed by atoms with Crippen molar-refractivity contribution < 1.29 is 57.1 Å². The van der Waals surface area contributed by atoms with Gasteiger partial charge in [0.2, 0.25) is 0 Å². The van der Waals surface area contributed by atoms with Gasteiger partial charge in [-0.3, -0.25) is 9.59 Å². The van der Waals surface area contributed by atoms with Gasteiger partial charge in [0.25, 0.3) is 0 Å². The maximum absolute atomic E-state index is 14.4. The summed E-state index contributed by atoms with van der Waals surface area (Å²) < 4.78 is 46.1. The lowest BCUT2D eigenvalue weighted by Gasteiger charge is -2.30. The Morgan fingerprint density at radius 3 is 0.965 bits per heavy atom. The number of anilines is 2. The fraction of sp³-hybridized carbons (Fsp3) is 0.380. The molecule has 0 saturated carbocycles. The lowest BCUT2D eigenvalue weighted by atomic mass is 9.76. The first-order valence-electron chi connectivity index (χ1n) is 30.2.